The van der Waals surface area contributed by atoms with Crippen molar-refractivity contribution in [3.8, 4) is 22.8 Å². The summed E-state index contributed by atoms with van der Waals surface area (Å²) < 4.78 is 18.0. The third-order valence-corrected chi connectivity index (χ3v) is 7.61. The first-order valence-electron chi connectivity index (χ1n) is 13.7. The molecule has 220 valence electrons. The Bertz CT molecular complexity index is 1530. The zero-order valence-corrected chi connectivity index (χ0v) is 25.4. The number of nitrogens with zero attached hydrogens (tertiary/aromatic N) is 1. The van der Waals surface area contributed by atoms with Crippen molar-refractivity contribution in [2.45, 2.75) is 53.9 Å². The molecule has 1 aliphatic heterocycles. The average molecular weight is 584 g/mol. The number of likely N-dealkylation sites (tertiary alicyclic amines) is 1. The van der Waals surface area contributed by atoms with Crippen LogP contribution in [0.1, 0.15) is 59.4 Å². The van der Waals surface area contributed by atoms with Gasteiger partial charge in [-0.3, -0.25) is 14.4 Å². The van der Waals surface area contributed by atoms with E-state index in [1.807, 2.05) is 7.05 Å². The summed E-state index contributed by atoms with van der Waals surface area (Å²) in [6, 6.07) is 9.59. The largest absolute Gasteiger partial charge is 0.507 e. The van der Waals surface area contributed by atoms with Crippen LogP contribution in [0.2, 0.25) is 5.02 Å². The fraction of sp³-hybridized carbons (Fsp3) is 0.469. The van der Waals surface area contributed by atoms with Gasteiger partial charge in [-0.15, -0.1) is 0 Å². The molecule has 2 aromatic carbocycles. The molecule has 9 heteroatoms. The van der Waals surface area contributed by atoms with Gasteiger partial charge in [-0.1, -0.05) is 23.7 Å². The van der Waals surface area contributed by atoms with Crippen LogP contribution in [0.5, 0.6) is 11.5 Å². The lowest BCUT2D eigenvalue weighted by molar-refractivity contribution is -0.155. The van der Waals surface area contributed by atoms with Gasteiger partial charge in [0.05, 0.1) is 22.5 Å². The Balaban J connectivity index is 1.96. The summed E-state index contributed by atoms with van der Waals surface area (Å²) in [6.45, 7) is 12.0. The molecule has 1 N–H and O–H groups in total. The monoisotopic (exact) mass is 583 g/mol. The maximum atomic E-state index is 13.4. The Labute approximate surface area is 245 Å². The van der Waals surface area contributed by atoms with E-state index >= 15 is 0 Å². The Morgan fingerprint density at radius 3 is 2.37 bits per heavy atom. The molecule has 0 radical (unpaired) electrons. The fourth-order valence-electron chi connectivity index (χ4n) is 4.96. The number of hydrogen-bond acceptors (Lipinski definition) is 8. The van der Waals surface area contributed by atoms with E-state index in [0.717, 1.165) is 0 Å². The normalized spacial score (nSPS) is 18.3. The van der Waals surface area contributed by atoms with E-state index in [0.29, 0.717) is 35.7 Å². The standard InChI is InChI=1S/C32H38ClNO7/c1-31(2,3)29(37)39-17-18-16-34(7)13-12-19(18)26-25(41-30(38)32(4,5)6)15-23(36)27-22(35)14-24(40-28(26)27)20-10-8-9-11-21(20)33/h8-11,14-15,18-19,36H,12-13,16-17H2,1-7H3/t18-,19-/m0/s1. The molecule has 1 fully saturated rings. The van der Waals surface area contributed by atoms with E-state index in [9.17, 15) is 19.5 Å². The highest BCUT2D eigenvalue weighted by atomic mass is 35.5. The lowest BCUT2D eigenvalue weighted by Gasteiger charge is -2.37. The highest BCUT2D eigenvalue weighted by Gasteiger charge is 2.37. The molecule has 0 saturated carbocycles. The number of benzene rings is 2. The molecule has 8 nitrogen and oxygen atoms in total. The van der Waals surface area contributed by atoms with Crippen LogP contribution in [-0.2, 0) is 14.3 Å². The molecule has 1 saturated heterocycles. The van der Waals surface area contributed by atoms with E-state index in [4.69, 9.17) is 25.5 Å². The highest BCUT2D eigenvalue weighted by molar-refractivity contribution is 6.33. The number of halogens is 1. The number of carbonyl (C=O) groups excluding carboxylic acids is 2. The molecule has 2 heterocycles. The SMILES string of the molecule is CN1CC[C@H](c2c(OC(=O)C(C)(C)C)cc(O)c3c(=O)cc(-c4ccccc4Cl)oc23)[C@H](COC(=O)C(C)(C)C)C1. The first-order valence-corrected chi connectivity index (χ1v) is 14.1. The van der Waals surface area contributed by atoms with E-state index in [1.165, 1.54) is 12.1 Å². The molecular formula is C32H38ClNO7. The molecule has 1 aliphatic rings. The molecular weight excluding hydrogens is 546 g/mol. The maximum absolute atomic E-state index is 13.4. The van der Waals surface area contributed by atoms with Crippen LogP contribution in [-0.4, -0.2) is 48.7 Å². The quantitative estimate of drug-likeness (QED) is 0.272. The summed E-state index contributed by atoms with van der Waals surface area (Å²) in [7, 11) is 1.99. The van der Waals surface area contributed by atoms with Crippen LogP contribution in [0, 0.1) is 16.7 Å². The molecule has 1 aromatic heterocycles. The molecule has 41 heavy (non-hydrogen) atoms. The number of rotatable bonds is 5. The minimum atomic E-state index is -0.837. The van der Waals surface area contributed by atoms with Gasteiger partial charge in [-0.25, -0.2) is 0 Å². The number of fused-ring (bicyclic) bond motifs is 1. The summed E-state index contributed by atoms with van der Waals surface area (Å²) in [5, 5.41) is 11.4. The second kappa shape index (κ2) is 11.5. The summed E-state index contributed by atoms with van der Waals surface area (Å²) in [5.41, 5.74) is -0.869. The number of esters is 2. The lowest BCUT2D eigenvalue weighted by atomic mass is 9.79. The Morgan fingerprint density at radius 1 is 1.07 bits per heavy atom. The maximum Gasteiger partial charge on any atom is 0.316 e. The van der Waals surface area contributed by atoms with Crippen LogP contribution in [0.3, 0.4) is 0 Å². The number of phenols is 1. The van der Waals surface area contributed by atoms with Gasteiger partial charge in [-0.2, -0.15) is 0 Å². The molecule has 0 amide bonds. The summed E-state index contributed by atoms with van der Waals surface area (Å²) >= 11 is 6.44. The van der Waals surface area contributed by atoms with Gasteiger partial charge in [0.2, 0.25) is 0 Å². The van der Waals surface area contributed by atoms with Gasteiger partial charge < -0.3 is 23.9 Å². The molecule has 4 rings (SSSR count). The smallest absolute Gasteiger partial charge is 0.316 e. The zero-order chi connectivity index (χ0) is 30.3. The Hall–Kier alpha value is -3.36. The first kappa shape index (κ1) is 30.6. The number of hydrogen-bond donors (Lipinski definition) is 1. The molecule has 0 unspecified atom stereocenters. The molecule has 0 aliphatic carbocycles. The van der Waals surface area contributed by atoms with Crippen molar-refractivity contribution in [3.05, 3.63) is 57.2 Å². The predicted octanol–water partition coefficient (Wildman–Crippen LogP) is 6.40. The highest BCUT2D eigenvalue weighted by Crippen LogP contribution is 2.46. The van der Waals surface area contributed by atoms with E-state index in [-0.39, 0.29) is 52.6 Å². The zero-order valence-electron chi connectivity index (χ0n) is 24.7. The Morgan fingerprint density at radius 2 is 1.73 bits per heavy atom. The van der Waals surface area contributed by atoms with Gasteiger partial charge in [0.1, 0.15) is 28.2 Å². The second-order valence-electron chi connectivity index (χ2n) is 12.9. The fourth-order valence-corrected chi connectivity index (χ4v) is 5.19. The second-order valence-corrected chi connectivity index (χ2v) is 13.3. The van der Waals surface area contributed by atoms with Crippen molar-refractivity contribution < 1.29 is 28.6 Å². The van der Waals surface area contributed by atoms with Crippen LogP contribution in [0.25, 0.3) is 22.3 Å². The summed E-state index contributed by atoms with van der Waals surface area (Å²) in [6.07, 6.45) is 0.605. The molecule has 3 aromatic rings. The summed E-state index contributed by atoms with van der Waals surface area (Å²) in [5.74, 6) is -1.40. The topological polar surface area (TPSA) is 106 Å². The van der Waals surface area contributed by atoms with Crippen molar-refractivity contribution >= 4 is 34.5 Å². The van der Waals surface area contributed by atoms with E-state index in [2.05, 4.69) is 4.90 Å². The minimum Gasteiger partial charge on any atom is -0.507 e. The number of phenolic OH excluding ortho intramolecular Hbond substituents is 1. The minimum absolute atomic E-state index is 0.0178. The van der Waals surface area contributed by atoms with Gasteiger partial charge in [0.25, 0.3) is 0 Å². The van der Waals surface area contributed by atoms with Gasteiger partial charge >= 0.3 is 11.9 Å². The van der Waals surface area contributed by atoms with E-state index < -0.39 is 22.2 Å². The van der Waals surface area contributed by atoms with E-state index in [1.54, 1.807) is 65.8 Å². The van der Waals surface area contributed by atoms with Crippen LogP contribution >= 0.6 is 11.6 Å². The van der Waals surface area contributed by atoms with Crippen molar-refractivity contribution in [1.29, 1.82) is 0 Å². The van der Waals surface area contributed by atoms with Crippen molar-refractivity contribution in [3.63, 3.8) is 0 Å². The van der Waals surface area contributed by atoms with Crippen molar-refractivity contribution in [2.75, 3.05) is 26.7 Å². The molecule has 0 spiro atoms. The van der Waals surface area contributed by atoms with Gasteiger partial charge in [0, 0.05) is 35.7 Å². The third-order valence-electron chi connectivity index (χ3n) is 7.28. The average Bonchev–Trinajstić information content (AvgIpc) is 2.86. The number of piperidine rings is 1. The summed E-state index contributed by atoms with van der Waals surface area (Å²) in [4.78, 5) is 41.3. The molecule has 0 bridgehead atoms. The lowest BCUT2D eigenvalue weighted by Crippen LogP contribution is -2.40. The van der Waals surface area contributed by atoms with Crippen LogP contribution < -0.4 is 10.2 Å². The number of aromatic hydroxyl groups is 1. The van der Waals surface area contributed by atoms with Crippen molar-refractivity contribution in [2.24, 2.45) is 16.7 Å². The van der Waals surface area contributed by atoms with Gasteiger partial charge in [-0.05, 0) is 79.6 Å². The number of ether oxygens (including phenoxy) is 2. The first-order chi connectivity index (χ1) is 19.1. The Kier molecular flexibility index (Phi) is 8.58. The predicted molar refractivity (Wildman–Crippen MR) is 158 cm³/mol. The van der Waals surface area contributed by atoms with Gasteiger partial charge in [0.15, 0.2) is 5.43 Å². The third kappa shape index (κ3) is 6.60. The number of carbonyl (C=O) groups is 2. The van der Waals surface area contributed by atoms with Crippen molar-refractivity contribution in [1.82, 2.24) is 4.90 Å². The molecule has 2 atom stereocenters. The van der Waals surface area contributed by atoms with Crippen LogP contribution in [0.15, 0.2) is 45.6 Å². The van der Waals surface area contributed by atoms with Crippen LogP contribution in [0.4, 0.5) is 0 Å².